The zero-order chi connectivity index (χ0) is 23.8. The van der Waals surface area contributed by atoms with Gasteiger partial charge in [0.05, 0.1) is 12.1 Å². The Morgan fingerprint density at radius 3 is 2.56 bits per heavy atom. The van der Waals surface area contributed by atoms with Crippen LogP contribution in [0.5, 0.6) is 5.75 Å². The van der Waals surface area contributed by atoms with Gasteiger partial charge in [-0.1, -0.05) is 11.6 Å². The smallest absolute Gasteiger partial charge is 0.227 e. The van der Waals surface area contributed by atoms with Crippen molar-refractivity contribution in [3.8, 4) is 5.75 Å². The lowest BCUT2D eigenvalue weighted by Crippen LogP contribution is -2.37. The number of nitrogens with zero attached hydrogens (tertiary/aromatic N) is 3. The van der Waals surface area contributed by atoms with E-state index in [1.54, 1.807) is 12.1 Å². The Morgan fingerprint density at radius 2 is 1.82 bits per heavy atom. The van der Waals surface area contributed by atoms with Crippen LogP contribution < -0.4 is 4.73 Å². The van der Waals surface area contributed by atoms with E-state index in [0.717, 1.165) is 68.4 Å². The fraction of sp³-hybridized carbons (Fsp3) is 0.296. The monoisotopic (exact) mass is 519 g/mol. The van der Waals surface area contributed by atoms with Gasteiger partial charge in [-0.3, -0.25) is 9.78 Å². The van der Waals surface area contributed by atoms with Gasteiger partial charge in [-0.05, 0) is 82.9 Å². The molecule has 1 aromatic carbocycles. The topological polar surface area (TPSA) is 80.4 Å². The van der Waals surface area contributed by atoms with Crippen molar-refractivity contribution in [1.82, 2.24) is 9.88 Å². The van der Waals surface area contributed by atoms with Crippen molar-refractivity contribution in [2.75, 3.05) is 13.1 Å². The number of carbonyl (C=O) groups excluding carboxylic acids is 1. The van der Waals surface area contributed by atoms with Gasteiger partial charge >= 0.3 is 0 Å². The number of fused-ring (bicyclic) bond motifs is 2. The van der Waals surface area contributed by atoms with Gasteiger partial charge in [0.2, 0.25) is 5.91 Å². The minimum atomic E-state index is 0.0647. The van der Waals surface area contributed by atoms with E-state index in [1.807, 2.05) is 24.1 Å². The molecule has 34 heavy (non-hydrogen) atoms. The predicted molar refractivity (Wildman–Crippen MR) is 133 cm³/mol. The van der Waals surface area contributed by atoms with Gasteiger partial charge in [0.1, 0.15) is 5.75 Å². The SMILES string of the molecule is Cc1cc(O)c2c(c1)CCc1cc(Br)cnc1C2=C1CCN(C(=O)Cc2cc[n+]([O-])cc2)CC1. The Balaban J connectivity index is 1.47. The molecule has 2 aliphatic rings. The highest BCUT2D eigenvalue weighted by Crippen LogP contribution is 2.42. The molecule has 1 fully saturated rings. The van der Waals surface area contributed by atoms with E-state index in [9.17, 15) is 15.1 Å². The zero-order valence-corrected chi connectivity index (χ0v) is 20.6. The molecule has 7 heteroatoms. The Bertz CT molecular complexity index is 1290. The maximum atomic E-state index is 12.9. The van der Waals surface area contributed by atoms with Crippen molar-refractivity contribution >= 4 is 27.4 Å². The summed E-state index contributed by atoms with van der Waals surface area (Å²) >= 11 is 3.56. The Hall–Kier alpha value is -3.19. The molecule has 3 aromatic rings. The highest BCUT2D eigenvalue weighted by Gasteiger charge is 2.28. The summed E-state index contributed by atoms with van der Waals surface area (Å²) in [5, 5.41) is 22.3. The molecular weight excluding hydrogens is 494 g/mol. The molecule has 0 radical (unpaired) electrons. The Labute approximate surface area is 207 Å². The number of benzene rings is 1. The number of hydrogen-bond acceptors (Lipinski definition) is 4. The van der Waals surface area contributed by atoms with E-state index in [2.05, 4.69) is 28.1 Å². The maximum absolute atomic E-state index is 12.9. The molecule has 0 bridgehead atoms. The summed E-state index contributed by atoms with van der Waals surface area (Å²) in [6, 6.07) is 9.50. The molecule has 1 saturated heterocycles. The number of aromatic hydroxyl groups is 1. The highest BCUT2D eigenvalue weighted by atomic mass is 79.9. The molecular formula is C27H26BrN3O3. The van der Waals surface area contributed by atoms with Gasteiger partial charge in [0.15, 0.2) is 12.4 Å². The van der Waals surface area contributed by atoms with Gasteiger partial charge in [-0.2, -0.15) is 4.73 Å². The van der Waals surface area contributed by atoms with Gasteiger partial charge in [0.25, 0.3) is 0 Å². The standard InChI is InChI=1S/C27H26BrN3O3/c1-17-12-20-2-3-21-15-22(28)16-29-27(21)26(25(20)23(32)13-17)19-6-8-30(9-7-19)24(33)14-18-4-10-31(34)11-5-18/h4-5,10-13,15-16,32H,2-3,6-9,14H2,1H3. The summed E-state index contributed by atoms with van der Waals surface area (Å²) in [6.07, 6.45) is 8.12. The molecule has 3 heterocycles. The second-order valence-corrected chi connectivity index (χ2v) is 10.00. The molecule has 6 nitrogen and oxygen atoms in total. The van der Waals surface area contributed by atoms with E-state index in [1.165, 1.54) is 23.5 Å². The number of pyridine rings is 2. The fourth-order valence-electron chi connectivity index (χ4n) is 5.08. The number of carbonyl (C=O) groups is 1. The van der Waals surface area contributed by atoms with Gasteiger partial charge in [-0.25, -0.2) is 0 Å². The molecule has 1 aliphatic heterocycles. The summed E-state index contributed by atoms with van der Waals surface area (Å²) in [6.45, 7) is 3.26. The number of piperidine rings is 1. The van der Waals surface area contributed by atoms with Crippen LogP contribution in [0.4, 0.5) is 0 Å². The second kappa shape index (κ2) is 9.22. The lowest BCUT2D eigenvalue weighted by molar-refractivity contribution is -0.605. The fourth-order valence-corrected chi connectivity index (χ4v) is 5.46. The van der Waals surface area contributed by atoms with Gasteiger partial charge < -0.3 is 15.2 Å². The molecule has 0 unspecified atom stereocenters. The third-order valence-corrected chi connectivity index (χ3v) is 7.16. The van der Waals surface area contributed by atoms with Crippen molar-refractivity contribution in [3.63, 3.8) is 0 Å². The first kappa shape index (κ1) is 22.6. The lowest BCUT2D eigenvalue weighted by atomic mass is 9.87. The van der Waals surface area contributed by atoms with Crippen LogP contribution in [0, 0.1) is 12.1 Å². The van der Waals surface area contributed by atoms with Gasteiger partial charge in [0, 0.05) is 47.0 Å². The highest BCUT2D eigenvalue weighted by molar-refractivity contribution is 9.10. The number of halogens is 1. The Morgan fingerprint density at radius 1 is 1.12 bits per heavy atom. The van der Waals surface area contributed by atoms with E-state index < -0.39 is 0 Å². The van der Waals surface area contributed by atoms with Crippen molar-refractivity contribution in [1.29, 1.82) is 0 Å². The molecule has 174 valence electrons. The van der Waals surface area contributed by atoms with Crippen LogP contribution in [0.15, 0.2) is 59.0 Å². The van der Waals surface area contributed by atoms with E-state index >= 15 is 0 Å². The van der Waals surface area contributed by atoms with Crippen molar-refractivity contribution < 1.29 is 14.6 Å². The predicted octanol–water partition coefficient (Wildman–Crippen LogP) is 4.26. The quantitative estimate of drug-likeness (QED) is 0.405. The number of phenols is 1. The first-order chi connectivity index (χ1) is 16.4. The average Bonchev–Trinajstić information content (AvgIpc) is 2.97. The number of aryl methyl sites for hydroxylation is 3. The summed E-state index contributed by atoms with van der Waals surface area (Å²) < 4.78 is 1.67. The molecule has 1 amide bonds. The van der Waals surface area contributed by atoms with Crippen LogP contribution in [0.25, 0.3) is 5.57 Å². The van der Waals surface area contributed by atoms with Crippen LogP contribution in [-0.4, -0.2) is 34.0 Å². The van der Waals surface area contributed by atoms with E-state index in [-0.39, 0.29) is 12.3 Å². The molecule has 1 aliphatic carbocycles. The largest absolute Gasteiger partial charge is 0.619 e. The molecule has 1 N–H and O–H groups in total. The lowest BCUT2D eigenvalue weighted by Gasteiger charge is -2.30. The minimum Gasteiger partial charge on any atom is -0.619 e. The van der Waals surface area contributed by atoms with Crippen LogP contribution >= 0.6 is 15.9 Å². The van der Waals surface area contributed by atoms with Crippen LogP contribution in [0.2, 0.25) is 0 Å². The molecule has 2 aromatic heterocycles. The summed E-state index contributed by atoms with van der Waals surface area (Å²) in [4.78, 5) is 19.6. The minimum absolute atomic E-state index is 0.0647. The normalized spacial score (nSPS) is 15.5. The third-order valence-electron chi connectivity index (χ3n) is 6.73. The first-order valence-corrected chi connectivity index (χ1v) is 12.3. The number of hydrogen-bond donors (Lipinski definition) is 1. The Kier molecular flexibility index (Phi) is 6.13. The first-order valence-electron chi connectivity index (χ1n) is 11.5. The zero-order valence-electron chi connectivity index (χ0n) is 19.1. The van der Waals surface area contributed by atoms with Crippen molar-refractivity contribution in [2.45, 2.75) is 39.0 Å². The maximum Gasteiger partial charge on any atom is 0.227 e. The summed E-state index contributed by atoms with van der Waals surface area (Å²) in [5.41, 5.74) is 8.29. The molecule has 0 spiro atoms. The summed E-state index contributed by atoms with van der Waals surface area (Å²) in [5.74, 6) is 0.364. The van der Waals surface area contributed by atoms with Crippen molar-refractivity contribution in [2.24, 2.45) is 0 Å². The van der Waals surface area contributed by atoms with E-state index in [4.69, 9.17) is 4.98 Å². The molecule has 0 saturated carbocycles. The number of phenolic OH excluding ortho intramolecular Hbond substituents is 1. The molecule has 0 atom stereocenters. The van der Waals surface area contributed by atoms with Crippen LogP contribution in [0.1, 0.15) is 46.4 Å². The van der Waals surface area contributed by atoms with E-state index in [0.29, 0.717) is 18.8 Å². The van der Waals surface area contributed by atoms with Crippen LogP contribution in [-0.2, 0) is 24.1 Å². The third kappa shape index (κ3) is 4.44. The second-order valence-electron chi connectivity index (χ2n) is 9.08. The average molecular weight is 520 g/mol. The number of aromatic nitrogens is 2. The van der Waals surface area contributed by atoms with Gasteiger partial charge in [-0.15, -0.1) is 0 Å². The van der Waals surface area contributed by atoms with Crippen molar-refractivity contribution in [3.05, 3.63) is 97.7 Å². The number of rotatable bonds is 2. The summed E-state index contributed by atoms with van der Waals surface area (Å²) in [7, 11) is 0. The number of likely N-dealkylation sites (tertiary alicyclic amines) is 1. The molecule has 5 rings (SSSR count). The van der Waals surface area contributed by atoms with Crippen LogP contribution in [0.3, 0.4) is 0 Å². The number of amides is 1.